The molecule has 0 bridgehead atoms. The van der Waals surface area contributed by atoms with E-state index >= 15 is 0 Å². The smallest absolute Gasteiger partial charge is 0.309 e. The van der Waals surface area contributed by atoms with E-state index < -0.39 is 6.29 Å². The molecule has 1 saturated heterocycles. The predicted octanol–water partition coefficient (Wildman–Crippen LogP) is 0.436. The maximum absolute atomic E-state index is 10.7. The van der Waals surface area contributed by atoms with Crippen LogP contribution in [0.1, 0.15) is 6.42 Å². The van der Waals surface area contributed by atoms with E-state index in [-0.39, 0.29) is 19.2 Å². The van der Waals surface area contributed by atoms with E-state index in [9.17, 15) is 4.79 Å². The predicted molar refractivity (Wildman–Crippen MR) is 36.6 cm³/mol. The molecule has 62 valence electrons. The SMILES string of the molecule is C=C(CC(=O)OC)C1OCO1. The van der Waals surface area contributed by atoms with Crippen LogP contribution >= 0.6 is 0 Å². The van der Waals surface area contributed by atoms with Gasteiger partial charge in [-0.05, 0) is 5.57 Å². The average molecular weight is 158 g/mol. The molecule has 0 aromatic rings. The second kappa shape index (κ2) is 3.50. The fourth-order valence-electron chi connectivity index (χ4n) is 0.713. The first-order valence-electron chi connectivity index (χ1n) is 3.21. The van der Waals surface area contributed by atoms with Crippen LogP contribution in [-0.2, 0) is 19.0 Å². The van der Waals surface area contributed by atoms with Crippen LogP contribution in [0.15, 0.2) is 12.2 Å². The summed E-state index contributed by atoms with van der Waals surface area (Å²) >= 11 is 0. The van der Waals surface area contributed by atoms with Gasteiger partial charge in [-0.15, -0.1) is 0 Å². The van der Waals surface area contributed by atoms with Gasteiger partial charge in [0.25, 0.3) is 0 Å². The summed E-state index contributed by atoms with van der Waals surface area (Å²) in [6.07, 6.45) is -0.254. The van der Waals surface area contributed by atoms with Gasteiger partial charge in [-0.25, -0.2) is 0 Å². The van der Waals surface area contributed by atoms with E-state index in [4.69, 9.17) is 9.47 Å². The Balaban J connectivity index is 2.25. The van der Waals surface area contributed by atoms with E-state index in [2.05, 4.69) is 11.3 Å². The van der Waals surface area contributed by atoms with Crippen molar-refractivity contribution < 1.29 is 19.0 Å². The third-order valence-electron chi connectivity index (χ3n) is 1.37. The molecule has 0 radical (unpaired) electrons. The van der Waals surface area contributed by atoms with Crippen LogP contribution < -0.4 is 0 Å². The Kier molecular flexibility index (Phi) is 2.62. The van der Waals surface area contributed by atoms with Gasteiger partial charge >= 0.3 is 5.97 Å². The zero-order valence-electron chi connectivity index (χ0n) is 6.33. The molecule has 11 heavy (non-hydrogen) atoms. The number of carbonyl (C=O) groups is 1. The zero-order chi connectivity index (χ0) is 8.27. The molecule has 1 fully saturated rings. The molecule has 0 aliphatic carbocycles. The van der Waals surface area contributed by atoms with Crippen molar-refractivity contribution in [2.24, 2.45) is 0 Å². The molecule has 0 unspecified atom stereocenters. The van der Waals surface area contributed by atoms with Gasteiger partial charge in [0.15, 0.2) is 13.1 Å². The van der Waals surface area contributed by atoms with Gasteiger partial charge in [-0.3, -0.25) is 4.79 Å². The molecule has 1 rings (SSSR count). The van der Waals surface area contributed by atoms with Gasteiger partial charge in [-0.1, -0.05) is 6.58 Å². The largest absolute Gasteiger partial charge is 0.469 e. The standard InChI is InChI=1S/C7H10O4/c1-5(3-6(8)9-2)7-10-4-11-7/h7H,1,3-4H2,2H3. The summed E-state index contributed by atoms with van der Waals surface area (Å²) in [5.74, 6) is -0.325. The lowest BCUT2D eigenvalue weighted by Gasteiger charge is -2.27. The molecule has 0 spiro atoms. The highest BCUT2D eigenvalue weighted by atomic mass is 16.8. The van der Waals surface area contributed by atoms with Crippen molar-refractivity contribution in [3.63, 3.8) is 0 Å². The number of hydrogen-bond acceptors (Lipinski definition) is 4. The van der Waals surface area contributed by atoms with Crippen LogP contribution in [0, 0.1) is 0 Å². The van der Waals surface area contributed by atoms with Gasteiger partial charge < -0.3 is 14.2 Å². The molecule has 4 heteroatoms. The number of rotatable bonds is 3. The van der Waals surface area contributed by atoms with Crippen LogP contribution in [0.2, 0.25) is 0 Å². The van der Waals surface area contributed by atoms with Crippen molar-refractivity contribution in [1.29, 1.82) is 0 Å². The summed E-state index contributed by atoms with van der Waals surface area (Å²) in [7, 11) is 1.33. The number of ether oxygens (including phenoxy) is 3. The maximum Gasteiger partial charge on any atom is 0.309 e. The topological polar surface area (TPSA) is 44.8 Å². The van der Waals surface area contributed by atoms with Crippen LogP contribution in [0.5, 0.6) is 0 Å². The van der Waals surface area contributed by atoms with Crippen LogP contribution in [0.25, 0.3) is 0 Å². The minimum atomic E-state index is -0.408. The molecular formula is C7H10O4. The van der Waals surface area contributed by atoms with Crippen molar-refractivity contribution in [2.75, 3.05) is 13.9 Å². The van der Waals surface area contributed by atoms with Gasteiger partial charge in [-0.2, -0.15) is 0 Å². The molecule has 4 nitrogen and oxygen atoms in total. The first-order valence-corrected chi connectivity index (χ1v) is 3.21. The lowest BCUT2D eigenvalue weighted by atomic mass is 10.2. The van der Waals surface area contributed by atoms with E-state index in [0.717, 1.165) is 0 Å². The van der Waals surface area contributed by atoms with Crippen LogP contribution in [0.3, 0.4) is 0 Å². The molecule has 0 aromatic heterocycles. The summed E-state index contributed by atoms with van der Waals surface area (Å²) in [6.45, 7) is 3.90. The maximum atomic E-state index is 10.7. The molecule has 0 amide bonds. The van der Waals surface area contributed by atoms with Crippen LogP contribution in [-0.4, -0.2) is 26.2 Å². The lowest BCUT2D eigenvalue weighted by molar-refractivity contribution is -0.302. The van der Waals surface area contributed by atoms with Gasteiger partial charge in [0.1, 0.15) is 0 Å². The van der Waals surface area contributed by atoms with Gasteiger partial charge in [0.2, 0.25) is 0 Å². The van der Waals surface area contributed by atoms with Crippen molar-refractivity contribution in [2.45, 2.75) is 12.7 Å². The normalized spacial score (nSPS) is 17.2. The van der Waals surface area contributed by atoms with Crippen molar-refractivity contribution in [1.82, 2.24) is 0 Å². The minimum absolute atomic E-state index is 0.154. The number of methoxy groups -OCH3 is 1. The molecule has 0 aromatic carbocycles. The first-order chi connectivity index (χ1) is 5.24. The summed E-state index contributed by atoms with van der Waals surface area (Å²) in [4.78, 5) is 10.7. The highest BCUT2D eigenvalue weighted by molar-refractivity contribution is 5.72. The zero-order valence-corrected chi connectivity index (χ0v) is 6.33. The van der Waals surface area contributed by atoms with Gasteiger partial charge in [0.05, 0.1) is 13.5 Å². The Labute approximate surface area is 64.7 Å². The van der Waals surface area contributed by atoms with Crippen molar-refractivity contribution >= 4 is 5.97 Å². The Bertz CT molecular complexity index is 171. The minimum Gasteiger partial charge on any atom is -0.469 e. The highest BCUT2D eigenvalue weighted by Crippen LogP contribution is 2.17. The fourth-order valence-corrected chi connectivity index (χ4v) is 0.713. The second-order valence-corrected chi connectivity index (χ2v) is 2.19. The first kappa shape index (κ1) is 8.23. The summed E-state index contributed by atoms with van der Waals surface area (Å²) in [5.41, 5.74) is 0.600. The molecule has 1 aliphatic heterocycles. The molecule has 0 atom stereocenters. The van der Waals surface area contributed by atoms with E-state index in [1.54, 1.807) is 0 Å². The fraction of sp³-hybridized carbons (Fsp3) is 0.571. The summed E-state index contributed by atoms with van der Waals surface area (Å²) < 4.78 is 14.2. The van der Waals surface area contributed by atoms with Crippen LogP contribution in [0.4, 0.5) is 0 Å². The molecule has 1 aliphatic rings. The third kappa shape index (κ3) is 2.03. The Morgan fingerprint density at radius 2 is 2.36 bits per heavy atom. The Morgan fingerprint density at radius 3 is 2.73 bits per heavy atom. The molecular weight excluding hydrogens is 148 g/mol. The number of hydrogen-bond donors (Lipinski definition) is 0. The Hall–Kier alpha value is -0.870. The van der Waals surface area contributed by atoms with E-state index in [1.807, 2.05) is 0 Å². The molecule has 0 saturated carbocycles. The van der Waals surface area contributed by atoms with E-state index in [1.165, 1.54) is 7.11 Å². The van der Waals surface area contributed by atoms with E-state index in [0.29, 0.717) is 5.57 Å². The summed E-state index contributed by atoms with van der Waals surface area (Å²) in [5, 5.41) is 0. The lowest BCUT2D eigenvalue weighted by Crippen LogP contribution is -2.32. The number of esters is 1. The van der Waals surface area contributed by atoms with Gasteiger partial charge in [0, 0.05) is 0 Å². The third-order valence-corrected chi connectivity index (χ3v) is 1.37. The summed E-state index contributed by atoms with van der Waals surface area (Å²) in [6, 6.07) is 0. The second-order valence-electron chi connectivity index (χ2n) is 2.19. The quantitative estimate of drug-likeness (QED) is 0.441. The monoisotopic (exact) mass is 158 g/mol. The Morgan fingerprint density at radius 1 is 1.73 bits per heavy atom. The number of carbonyl (C=O) groups excluding carboxylic acids is 1. The van der Waals surface area contributed by atoms with Crippen molar-refractivity contribution in [3.8, 4) is 0 Å². The molecule has 0 N–H and O–H groups in total. The highest BCUT2D eigenvalue weighted by Gasteiger charge is 2.23. The molecule has 1 heterocycles. The average Bonchev–Trinajstić information content (AvgIpc) is 1.83. The van der Waals surface area contributed by atoms with Crippen molar-refractivity contribution in [3.05, 3.63) is 12.2 Å².